The Balaban J connectivity index is 2.43. The lowest BCUT2D eigenvalue weighted by atomic mass is 10.2. The van der Waals surface area contributed by atoms with E-state index < -0.39 is 0 Å². The molecular weight excluding hydrogens is 236 g/mol. The highest BCUT2D eigenvalue weighted by Gasteiger charge is 2.30. The molecule has 2 rings (SSSR count). The van der Waals surface area contributed by atoms with Gasteiger partial charge in [0.05, 0.1) is 10.9 Å². The summed E-state index contributed by atoms with van der Waals surface area (Å²) >= 11 is 1.58. The Morgan fingerprint density at radius 1 is 1.53 bits per heavy atom. The van der Waals surface area contributed by atoms with Crippen LogP contribution in [0.2, 0.25) is 0 Å². The number of methoxy groups -OCH3 is 1. The maximum atomic E-state index is 12.1. The van der Waals surface area contributed by atoms with E-state index in [-0.39, 0.29) is 17.9 Å². The highest BCUT2D eigenvalue weighted by molar-refractivity contribution is 8.00. The number of rotatable bonds is 3. The smallest absolute Gasteiger partial charge is 0.242 e. The van der Waals surface area contributed by atoms with E-state index in [1.165, 1.54) is 0 Å². The van der Waals surface area contributed by atoms with Gasteiger partial charge in [0.2, 0.25) is 5.91 Å². The third kappa shape index (κ3) is 2.31. The van der Waals surface area contributed by atoms with Gasteiger partial charge in [-0.05, 0) is 24.6 Å². The van der Waals surface area contributed by atoms with Gasteiger partial charge in [0.1, 0.15) is 6.73 Å². The van der Waals surface area contributed by atoms with Gasteiger partial charge in [0.15, 0.2) is 0 Å². The molecular formula is C12H16N2O2S. The van der Waals surface area contributed by atoms with Crippen LogP contribution in [0.5, 0.6) is 0 Å². The fraction of sp³-hybridized carbons (Fsp3) is 0.417. The molecule has 0 radical (unpaired) electrons. The minimum absolute atomic E-state index is 0.0682. The average molecular weight is 252 g/mol. The van der Waals surface area contributed by atoms with Crippen molar-refractivity contribution in [1.29, 1.82) is 0 Å². The van der Waals surface area contributed by atoms with E-state index in [0.717, 1.165) is 16.1 Å². The second-order valence-corrected chi connectivity index (χ2v) is 5.33. The third-order valence-electron chi connectivity index (χ3n) is 2.73. The number of benzene rings is 1. The standard InChI is InChI=1S/C12H16N2O2S/c1-8-12(15)14(7-16-2)10-5-9(6-13)3-4-11(10)17-8/h3-5,8H,6-7,13H2,1-2H3. The lowest BCUT2D eigenvalue weighted by Gasteiger charge is -2.32. The summed E-state index contributed by atoms with van der Waals surface area (Å²) in [5.74, 6) is 0.0820. The summed E-state index contributed by atoms with van der Waals surface area (Å²) in [4.78, 5) is 14.9. The second-order valence-electron chi connectivity index (χ2n) is 3.95. The van der Waals surface area contributed by atoms with Crippen LogP contribution in [0.1, 0.15) is 12.5 Å². The fourth-order valence-electron chi connectivity index (χ4n) is 1.84. The van der Waals surface area contributed by atoms with E-state index in [1.807, 2.05) is 25.1 Å². The number of nitrogens with zero attached hydrogens (tertiary/aromatic N) is 1. The highest BCUT2D eigenvalue weighted by Crippen LogP contribution is 2.39. The quantitative estimate of drug-likeness (QED) is 0.887. The number of carbonyl (C=O) groups is 1. The first-order chi connectivity index (χ1) is 8.17. The molecule has 17 heavy (non-hydrogen) atoms. The highest BCUT2D eigenvalue weighted by atomic mass is 32.2. The van der Waals surface area contributed by atoms with Crippen LogP contribution >= 0.6 is 11.8 Å². The number of hydrogen-bond donors (Lipinski definition) is 1. The topological polar surface area (TPSA) is 55.6 Å². The summed E-state index contributed by atoms with van der Waals surface area (Å²) in [6.07, 6.45) is 0. The van der Waals surface area contributed by atoms with Crippen LogP contribution in [0.3, 0.4) is 0 Å². The molecule has 1 aliphatic rings. The van der Waals surface area contributed by atoms with Gasteiger partial charge in [-0.3, -0.25) is 9.69 Å². The number of ether oxygens (including phenoxy) is 1. The van der Waals surface area contributed by atoms with E-state index in [0.29, 0.717) is 6.54 Å². The van der Waals surface area contributed by atoms with Gasteiger partial charge in [-0.15, -0.1) is 11.8 Å². The molecule has 4 nitrogen and oxygen atoms in total. The molecule has 0 spiro atoms. The van der Waals surface area contributed by atoms with Crippen molar-refractivity contribution in [1.82, 2.24) is 0 Å². The molecule has 1 heterocycles. The number of carbonyl (C=O) groups excluding carboxylic acids is 1. The van der Waals surface area contributed by atoms with Gasteiger partial charge in [-0.1, -0.05) is 6.07 Å². The Morgan fingerprint density at radius 2 is 2.29 bits per heavy atom. The molecule has 0 fully saturated rings. The number of amides is 1. The van der Waals surface area contributed by atoms with Gasteiger partial charge in [-0.2, -0.15) is 0 Å². The number of thioether (sulfide) groups is 1. The molecule has 0 aliphatic carbocycles. The maximum absolute atomic E-state index is 12.1. The number of fused-ring (bicyclic) bond motifs is 1. The molecule has 5 heteroatoms. The second kappa shape index (κ2) is 5.08. The van der Waals surface area contributed by atoms with Crippen LogP contribution in [0.4, 0.5) is 5.69 Å². The van der Waals surface area contributed by atoms with E-state index >= 15 is 0 Å². The number of hydrogen-bond acceptors (Lipinski definition) is 4. The van der Waals surface area contributed by atoms with Crippen molar-refractivity contribution >= 4 is 23.4 Å². The van der Waals surface area contributed by atoms with E-state index in [4.69, 9.17) is 10.5 Å². The molecule has 1 atom stereocenters. The Kier molecular flexibility index (Phi) is 3.71. The summed E-state index contributed by atoms with van der Waals surface area (Å²) in [7, 11) is 1.59. The first kappa shape index (κ1) is 12.4. The fourth-order valence-corrected chi connectivity index (χ4v) is 2.89. The molecule has 0 aromatic heterocycles. The number of anilines is 1. The zero-order valence-electron chi connectivity index (χ0n) is 9.97. The molecule has 1 aromatic rings. The molecule has 0 saturated heterocycles. The minimum atomic E-state index is -0.0682. The normalized spacial score (nSPS) is 19.4. The van der Waals surface area contributed by atoms with Gasteiger partial charge in [0, 0.05) is 18.6 Å². The SMILES string of the molecule is COCN1C(=O)C(C)Sc2ccc(CN)cc21. The molecule has 1 aromatic carbocycles. The summed E-state index contributed by atoms with van der Waals surface area (Å²) in [6.45, 7) is 2.67. The van der Waals surface area contributed by atoms with Crippen LogP contribution < -0.4 is 10.6 Å². The zero-order valence-corrected chi connectivity index (χ0v) is 10.8. The summed E-state index contributed by atoms with van der Waals surface area (Å²) in [5, 5.41) is -0.0682. The largest absolute Gasteiger partial charge is 0.364 e. The van der Waals surface area contributed by atoms with Crippen molar-refractivity contribution in [2.24, 2.45) is 5.73 Å². The van der Waals surface area contributed by atoms with Crippen molar-refractivity contribution in [3.05, 3.63) is 23.8 Å². The Hall–Kier alpha value is -1.04. The Bertz CT molecular complexity index is 437. The van der Waals surface area contributed by atoms with Crippen molar-refractivity contribution in [3.8, 4) is 0 Å². The zero-order chi connectivity index (χ0) is 12.4. The molecule has 0 saturated carbocycles. The van der Waals surface area contributed by atoms with Crippen LogP contribution in [-0.4, -0.2) is 25.0 Å². The maximum Gasteiger partial charge on any atom is 0.242 e. The van der Waals surface area contributed by atoms with Gasteiger partial charge >= 0.3 is 0 Å². The van der Waals surface area contributed by atoms with Crippen LogP contribution in [0.15, 0.2) is 23.1 Å². The summed E-state index contributed by atoms with van der Waals surface area (Å²) < 4.78 is 5.10. The van der Waals surface area contributed by atoms with Crippen LogP contribution in [0.25, 0.3) is 0 Å². The molecule has 2 N–H and O–H groups in total. The van der Waals surface area contributed by atoms with Crippen LogP contribution in [-0.2, 0) is 16.1 Å². The first-order valence-electron chi connectivity index (χ1n) is 5.47. The monoisotopic (exact) mass is 252 g/mol. The lowest BCUT2D eigenvalue weighted by molar-refractivity contribution is -0.119. The van der Waals surface area contributed by atoms with Gasteiger partial charge < -0.3 is 10.5 Å². The predicted octanol–water partition coefficient (Wildman–Crippen LogP) is 1.58. The number of nitrogens with two attached hydrogens (primary N) is 1. The summed E-state index contributed by atoms with van der Waals surface area (Å²) in [5.41, 5.74) is 7.55. The summed E-state index contributed by atoms with van der Waals surface area (Å²) in [6, 6.07) is 5.98. The van der Waals surface area contributed by atoms with Crippen molar-refractivity contribution in [2.45, 2.75) is 23.6 Å². The molecule has 1 aliphatic heterocycles. The van der Waals surface area contributed by atoms with Crippen LogP contribution in [0, 0.1) is 0 Å². The average Bonchev–Trinajstić information content (AvgIpc) is 2.34. The van der Waals surface area contributed by atoms with E-state index in [1.54, 1.807) is 23.8 Å². The van der Waals surface area contributed by atoms with Gasteiger partial charge in [-0.25, -0.2) is 0 Å². The van der Waals surface area contributed by atoms with Crippen molar-refractivity contribution in [2.75, 3.05) is 18.7 Å². The first-order valence-corrected chi connectivity index (χ1v) is 6.35. The molecule has 1 unspecified atom stereocenters. The van der Waals surface area contributed by atoms with E-state index in [2.05, 4.69) is 0 Å². The minimum Gasteiger partial charge on any atom is -0.364 e. The third-order valence-corrected chi connectivity index (χ3v) is 3.88. The molecule has 1 amide bonds. The molecule has 92 valence electrons. The Morgan fingerprint density at radius 3 is 2.94 bits per heavy atom. The van der Waals surface area contributed by atoms with Crippen molar-refractivity contribution in [3.63, 3.8) is 0 Å². The Labute approximate surface area is 105 Å². The molecule has 0 bridgehead atoms. The van der Waals surface area contributed by atoms with E-state index in [9.17, 15) is 4.79 Å². The van der Waals surface area contributed by atoms with Gasteiger partial charge in [0.25, 0.3) is 0 Å². The van der Waals surface area contributed by atoms with Crippen molar-refractivity contribution < 1.29 is 9.53 Å². The lowest BCUT2D eigenvalue weighted by Crippen LogP contribution is -2.41. The predicted molar refractivity (Wildman–Crippen MR) is 69.0 cm³/mol.